The minimum Gasteiger partial charge on any atom is -0.382 e. The van der Waals surface area contributed by atoms with Gasteiger partial charge in [0, 0.05) is 0 Å². The van der Waals surface area contributed by atoms with Crippen molar-refractivity contribution in [2.45, 2.75) is 4.34 Å². The Morgan fingerprint density at radius 2 is 2.00 bits per heavy atom. The third-order valence-corrected chi connectivity index (χ3v) is 3.95. The Hall–Kier alpha value is -1.00. The molecule has 0 spiro atoms. The van der Waals surface area contributed by atoms with E-state index in [0.29, 0.717) is 5.82 Å². The molecule has 0 bridgehead atoms. The van der Waals surface area contributed by atoms with Gasteiger partial charge in [-0.15, -0.1) is 11.3 Å². The van der Waals surface area contributed by atoms with Crippen LogP contribution in [0.4, 0.5) is 5.82 Å². The van der Waals surface area contributed by atoms with E-state index in [4.69, 9.17) is 5.73 Å². The molecule has 4 heteroatoms. The molecule has 0 aliphatic carbocycles. The lowest BCUT2D eigenvalue weighted by molar-refractivity contribution is 1.26. The van der Waals surface area contributed by atoms with Gasteiger partial charge in [-0.05, 0) is 11.8 Å². The number of benzene rings is 1. The Labute approximate surface area is 91.2 Å². The highest BCUT2D eigenvalue weighted by molar-refractivity contribution is 8.00. The molecule has 2 N–H and O–H groups in total. The van der Waals surface area contributed by atoms with Crippen molar-refractivity contribution in [3.63, 3.8) is 0 Å². The molecule has 2 aromatic rings. The molecule has 0 saturated heterocycles. The molecule has 1 heterocycles. The number of nitrogens with two attached hydrogens (primary N) is 1. The summed E-state index contributed by atoms with van der Waals surface area (Å²) < 4.78 is 1.02. The first-order valence-electron chi connectivity index (χ1n) is 4.17. The van der Waals surface area contributed by atoms with Crippen molar-refractivity contribution in [3.8, 4) is 10.4 Å². The van der Waals surface area contributed by atoms with Crippen LogP contribution in [0.1, 0.15) is 0 Å². The van der Waals surface area contributed by atoms with E-state index < -0.39 is 0 Å². The van der Waals surface area contributed by atoms with Crippen molar-refractivity contribution in [1.29, 1.82) is 0 Å². The highest BCUT2D eigenvalue weighted by Crippen LogP contribution is 2.35. The molecule has 2 nitrogen and oxygen atoms in total. The molecule has 1 aromatic carbocycles. The van der Waals surface area contributed by atoms with Crippen LogP contribution in [0.5, 0.6) is 0 Å². The number of hydrogen-bond acceptors (Lipinski definition) is 4. The number of nitrogen functional groups attached to an aromatic ring is 1. The van der Waals surface area contributed by atoms with E-state index in [1.54, 1.807) is 23.1 Å². The standard InChI is InChI=1S/C10H10N2S2/c1-13-10-12-9(11)8(14-10)7-5-3-2-4-6-7/h2-6H,11H2,1H3. The monoisotopic (exact) mass is 222 g/mol. The molecule has 14 heavy (non-hydrogen) atoms. The summed E-state index contributed by atoms with van der Waals surface area (Å²) in [5.41, 5.74) is 6.98. The van der Waals surface area contributed by atoms with E-state index in [1.165, 1.54) is 0 Å². The fourth-order valence-corrected chi connectivity index (χ4v) is 2.69. The second-order valence-corrected chi connectivity index (χ2v) is 4.82. The maximum atomic E-state index is 5.83. The maximum absolute atomic E-state index is 5.83. The number of anilines is 1. The first-order chi connectivity index (χ1) is 6.81. The minimum absolute atomic E-state index is 0.630. The van der Waals surface area contributed by atoms with Crippen molar-refractivity contribution in [2.75, 3.05) is 12.0 Å². The van der Waals surface area contributed by atoms with Crippen molar-refractivity contribution < 1.29 is 0 Å². The lowest BCUT2D eigenvalue weighted by atomic mass is 10.2. The van der Waals surface area contributed by atoms with Gasteiger partial charge in [-0.1, -0.05) is 42.1 Å². The van der Waals surface area contributed by atoms with Crippen molar-refractivity contribution in [2.24, 2.45) is 0 Å². The second kappa shape index (κ2) is 4.02. The smallest absolute Gasteiger partial charge is 0.152 e. The SMILES string of the molecule is CSc1nc(N)c(-c2ccccc2)s1. The molecule has 0 unspecified atom stereocenters. The Morgan fingerprint density at radius 1 is 1.29 bits per heavy atom. The van der Waals surface area contributed by atoms with Gasteiger partial charge < -0.3 is 5.73 Å². The van der Waals surface area contributed by atoms with E-state index in [-0.39, 0.29) is 0 Å². The number of thioether (sulfide) groups is 1. The Bertz CT molecular complexity index is 423. The summed E-state index contributed by atoms with van der Waals surface area (Å²) in [6.45, 7) is 0. The Kier molecular flexibility index (Phi) is 2.74. The predicted molar refractivity (Wildman–Crippen MR) is 63.7 cm³/mol. The quantitative estimate of drug-likeness (QED) is 0.793. The zero-order valence-electron chi connectivity index (χ0n) is 7.73. The molecule has 0 saturated carbocycles. The van der Waals surface area contributed by atoms with Crippen LogP contribution in [0.25, 0.3) is 10.4 Å². The maximum Gasteiger partial charge on any atom is 0.152 e. The van der Waals surface area contributed by atoms with Crippen molar-refractivity contribution >= 4 is 28.9 Å². The number of thiazole rings is 1. The number of aromatic nitrogens is 1. The van der Waals surface area contributed by atoms with Gasteiger partial charge in [-0.3, -0.25) is 0 Å². The van der Waals surface area contributed by atoms with Gasteiger partial charge in [0.1, 0.15) is 5.82 Å². The molecule has 0 aliphatic heterocycles. The molecular formula is C10H10N2S2. The van der Waals surface area contributed by atoms with E-state index in [0.717, 1.165) is 14.8 Å². The topological polar surface area (TPSA) is 38.9 Å². The summed E-state index contributed by atoms with van der Waals surface area (Å²) in [6.07, 6.45) is 2.01. The minimum atomic E-state index is 0.630. The number of hydrogen-bond donors (Lipinski definition) is 1. The summed E-state index contributed by atoms with van der Waals surface area (Å²) in [4.78, 5) is 5.33. The molecule has 0 aliphatic rings. The first kappa shape index (κ1) is 9.55. The average Bonchev–Trinajstić information content (AvgIpc) is 2.61. The lowest BCUT2D eigenvalue weighted by Gasteiger charge is -1.95. The fraction of sp³-hybridized carbons (Fsp3) is 0.100. The van der Waals surface area contributed by atoms with E-state index in [9.17, 15) is 0 Å². The van der Waals surface area contributed by atoms with Gasteiger partial charge in [-0.2, -0.15) is 0 Å². The number of rotatable bonds is 2. The molecule has 0 fully saturated rings. The van der Waals surface area contributed by atoms with E-state index in [1.807, 2.05) is 36.6 Å². The van der Waals surface area contributed by atoms with Crippen LogP contribution in [-0.2, 0) is 0 Å². The first-order valence-corrected chi connectivity index (χ1v) is 6.21. The highest BCUT2D eigenvalue weighted by atomic mass is 32.2. The average molecular weight is 222 g/mol. The van der Waals surface area contributed by atoms with Crippen LogP contribution >= 0.6 is 23.1 Å². The largest absolute Gasteiger partial charge is 0.382 e. The van der Waals surface area contributed by atoms with Crippen LogP contribution in [0.15, 0.2) is 34.7 Å². The van der Waals surface area contributed by atoms with E-state index >= 15 is 0 Å². The molecule has 72 valence electrons. The molecule has 0 radical (unpaired) electrons. The van der Waals surface area contributed by atoms with Gasteiger partial charge in [-0.25, -0.2) is 4.98 Å². The van der Waals surface area contributed by atoms with Gasteiger partial charge in [0.2, 0.25) is 0 Å². The Morgan fingerprint density at radius 3 is 2.57 bits per heavy atom. The molecule has 0 amide bonds. The number of nitrogens with zero attached hydrogens (tertiary/aromatic N) is 1. The summed E-state index contributed by atoms with van der Waals surface area (Å²) in [6, 6.07) is 10.1. The fourth-order valence-electron chi connectivity index (χ4n) is 1.20. The van der Waals surface area contributed by atoms with Crippen molar-refractivity contribution in [3.05, 3.63) is 30.3 Å². The zero-order valence-corrected chi connectivity index (χ0v) is 9.36. The summed E-state index contributed by atoms with van der Waals surface area (Å²) >= 11 is 3.27. The van der Waals surface area contributed by atoms with Crippen molar-refractivity contribution in [1.82, 2.24) is 4.98 Å². The summed E-state index contributed by atoms with van der Waals surface area (Å²) in [5.74, 6) is 0.630. The summed E-state index contributed by atoms with van der Waals surface area (Å²) in [5, 5.41) is 0. The zero-order chi connectivity index (χ0) is 9.97. The van der Waals surface area contributed by atoms with Crippen LogP contribution in [0.2, 0.25) is 0 Å². The third-order valence-electron chi connectivity index (χ3n) is 1.84. The second-order valence-electron chi connectivity index (χ2n) is 2.76. The van der Waals surface area contributed by atoms with Crippen LogP contribution in [0.3, 0.4) is 0 Å². The summed E-state index contributed by atoms with van der Waals surface area (Å²) in [7, 11) is 0. The lowest BCUT2D eigenvalue weighted by Crippen LogP contribution is -1.86. The van der Waals surface area contributed by atoms with Gasteiger partial charge in [0.05, 0.1) is 4.88 Å². The van der Waals surface area contributed by atoms with Gasteiger partial charge >= 0.3 is 0 Å². The normalized spacial score (nSPS) is 10.4. The third kappa shape index (κ3) is 1.76. The van der Waals surface area contributed by atoms with Gasteiger partial charge in [0.15, 0.2) is 4.34 Å². The molecule has 0 atom stereocenters. The molecular weight excluding hydrogens is 212 g/mol. The molecule has 1 aromatic heterocycles. The molecule has 2 rings (SSSR count). The highest BCUT2D eigenvalue weighted by Gasteiger charge is 2.08. The Balaban J connectivity index is 2.46. The van der Waals surface area contributed by atoms with Crippen LogP contribution < -0.4 is 5.73 Å². The van der Waals surface area contributed by atoms with Crippen LogP contribution in [0, 0.1) is 0 Å². The van der Waals surface area contributed by atoms with E-state index in [2.05, 4.69) is 4.98 Å². The van der Waals surface area contributed by atoms with Gasteiger partial charge in [0.25, 0.3) is 0 Å². The van der Waals surface area contributed by atoms with Crippen LogP contribution in [-0.4, -0.2) is 11.2 Å². The predicted octanol–water partition coefficient (Wildman–Crippen LogP) is 3.11.